The van der Waals surface area contributed by atoms with Crippen molar-refractivity contribution in [1.29, 1.82) is 0 Å². The molecule has 0 saturated carbocycles. The Labute approximate surface area is 263 Å². The number of nitrogens with zero attached hydrogens (tertiary/aromatic N) is 3. The lowest BCUT2D eigenvalue weighted by Gasteiger charge is -2.43. The number of hydrogen-bond acceptors (Lipinski definition) is 8. The molecule has 3 N–H and O–H groups in total. The number of rotatable bonds is 4. The van der Waals surface area contributed by atoms with E-state index in [9.17, 15) is 39.5 Å². The molecule has 3 saturated heterocycles. The van der Waals surface area contributed by atoms with E-state index in [2.05, 4.69) is 26.9 Å². The summed E-state index contributed by atoms with van der Waals surface area (Å²) >= 11 is 0. The van der Waals surface area contributed by atoms with Gasteiger partial charge in [-0.05, 0) is 62.4 Å². The number of aromatic nitrogens is 1. The van der Waals surface area contributed by atoms with Crippen molar-refractivity contribution < 1.29 is 78.7 Å². The first-order valence-corrected chi connectivity index (χ1v) is 14.0. The Morgan fingerprint density at radius 2 is 1.19 bits per heavy atom. The van der Waals surface area contributed by atoms with Crippen LogP contribution >= 0.6 is 0 Å². The summed E-state index contributed by atoms with van der Waals surface area (Å²) in [7, 11) is 0. The highest BCUT2D eigenvalue weighted by atomic mass is 19.4. The van der Waals surface area contributed by atoms with Crippen LogP contribution in [0.3, 0.4) is 0 Å². The van der Waals surface area contributed by atoms with E-state index < -0.39 is 36.4 Å². The van der Waals surface area contributed by atoms with E-state index in [4.69, 9.17) is 39.2 Å². The highest BCUT2D eigenvalue weighted by molar-refractivity contribution is 5.73. The van der Waals surface area contributed by atoms with E-state index >= 15 is 0 Å². The molecule has 3 fully saturated rings. The molecular formula is C27H36F9N3O8. The van der Waals surface area contributed by atoms with Crippen molar-refractivity contribution >= 4 is 17.9 Å². The van der Waals surface area contributed by atoms with Gasteiger partial charge in [-0.15, -0.1) is 0 Å². The van der Waals surface area contributed by atoms with Gasteiger partial charge in [0, 0.05) is 57.2 Å². The molecule has 20 heteroatoms. The molecule has 4 heterocycles. The normalized spacial score (nSPS) is 19.4. The molecule has 0 unspecified atom stereocenters. The van der Waals surface area contributed by atoms with Crippen molar-refractivity contribution in [2.75, 3.05) is 59.2 Å². The van der Waals surface area contributed by atoms with Gasteiger partial charge in [-0.2, -0.15) is 39.5 Å². The molecule has 11 nitrogen and oxygen atoms in total. The van der Waals surface area contributed by atoms with Crippen LogP contribution in [0.1, 0.15) is 31.2 Å². The summed E-state index contributed by atoms with van der Waals surface area (Å²) in [6.07, 6.45) is -6.44. The predicted molar refractivity (Wildman–Crippen MR) is 143 cm³/mol. The summed E-state index contributed by atoms with van der Waals surface area (Å²) in [6, 6.07) is 4.27. The fourth-order valence-corrected chi connectivity index (χ4v) is 4.77. The van der Waals surface area contributed by atoms with Gasteiger partial charge in [0.2, 0.25) is 0 Å². The van der Waals surface area contributed by atoms with Gasteiger partial charge in [0.15, 0.2) is 0 Å². The van der Waals surface area contributed by atoms with Crippen LogP contribution in [0.15, 0.2) is 24.5 Å². The second kappa shape index (κ2) is 18.9. The average Bonchev–Trinajstić information content (AvgIpc) is 3.17. The number of aliphatic carboxylic acids is 3. The van der Waals surface area contributed by atoms with E-state index in [-0.39, 0.29) is 0 Å². The van der Waals surface area contributed by atoms with Crippen LogP contribution in [0.5, 0.6) is 0 Å². The quantitative estimate of drug-likeness (QED) is 0.386. The van der Waals surface area contributed by atoms with Crippen LogP contribution in [0, 0.1) is 11.3 Å². The highest BCUT2D eigenvalue weighted by Gasteiger charge is 2.40. The van der Waals surface area contributed by atoms with Crippen molar-refractivity contribution in [2.45, 2.75) is 50.8 Å². The summed E-state index contributed by atoms with van der Waals surface area (Å²) in [4.78, 5) is 36.1. The Morgan fingerprint density at radius 1 is 0.745 bits per heavy atom. The third-order valence-electron chi connectivity index (χ3n) is 7.18. The Bertz CT molecular complexity index is 1030. The maximum absolute atomic E-state index is 10.6. The Balaban J connectivity index is 0.000000430. The molecule has 1 aromatic rings. The zero-order valence-corrected chi connectivity index (χ0v) is 24.9. The topological polar surface area (TPSA) is 150 Å². The monoisotopic (exact) mass is 701 g/mol. The number of alkyl halides is 9. The summed E-state index contributed by atoms with van der Waals surface area (Å²) in [6.45, 7) is 10.6. The van der Waals surface area contributed by atoms with Crippen LogP contribution < -0.4 is 0 Å². The molecule has 1 aromatic heterocycles. The number of carbonyl (C=O) groups is 3. The summed E-state index contributed by atoms with van der Waals surface area (Å²) in [5.74, 6) is -7.43. The SMILES string of the molecule is O=C(O)C(F)(F)F.O=C(O)C(F)(F)F.O=C(O)C(F)(F)F.c1cc(CN2CCOCC3(CCN(CC4CCOCC4)CC3)C2)ccn1. The van der Waals surface area contributed by atoms with Crippen LogP contribution in [0.25, 0.3) is 0 Å². The number of carboxylic acids is 3. The lowest BCUT2D eigenvalue weighted by Crippen LogP contribution is -2.48. The first-order chi connectivity index (χ1) is 21.6. The highest BCUT2D eigenvalue weighted by Crippen LogP contribution is 2.35. The molecular weight excluding hydrogens is 665 g/mol. The van der Waals surface area contributed by atoms with Gasteiger partial charge >= 0.3 is 36.4 Å². The van der Waals surface area contributed by atoms with Gasteiger partial charge in [-0.3, -0.25) is 9.88 Å². The van der Waals surface area contributed by atoms with Gasteiger partial charge in [0.05, 0.1) is 13.2 Å². The van der Waals surface area contributed by atoms with Crippen molar-refractivity contribution in [3.8, 4) is 0 Å². The molecule has 1 spiro atoms. The maximum atomic E-state index is 10.6. The minimum atomic E-state index is -5.08. The maximum Gasteiger partial charge on any atom is 0.490 e. The zero-order chi connectivity index (χ0) is 35.9. The van der Waals surface area contributed by atoms with Crippen molar-refractivity contribution in [2.24, 2.45) is 11.3 Å². The fraction of sp³-hybridized carbons (Fsp3) is 0.704. The molecule has 270 valence electrons. The van der Waals surface area contributed by atoms with Crippen LogP contribution in [0.2, 0.25) is 0 Å². The zero-order valence-electron chi connectivity index (χ0n) is 24.9. The second-order valence-electron chi connectivity index (χ2n) is 10.9. The first-order valence-electron chi connectivity index (χ1n) is 14.0. The van der Waals surface area contributed by atoms with Gasteiger partial charge in [-0.1, -0.05) is 0 Å². The number of hydrogen-bond donors (Lipinski definition) is 3. The van der Waals surface area contributed by atoms with E-state index in [1.807, 2.05) is 12.4 Å². The molecule has 0 atom stereocenters. The van der Waals surface area contributed by atoms with E-state index in [1.54, 1.807) is 0 Å². The van der Waals surface area contributed by atoms with E-state index in [1.165, 1.54) is 57.4 Å². The number of piperidine rings is 1. The Hall–Kier alpha value is -3.23. The number of likely N-dealkylation sites (tertiary alicyclic amines) is 1. The number of carboxylic acid groups (broad SMARTS) is 3. The smallest absolute Gasteiger partial charge is 0.475 e. The second-order valence-corrected chi connectivity index (χ2v) is 10.9. The minimum Gasteiger partial charge on any atom is -0.475 e. The fourth-order valence-electron chi connectivity index (χ4n) is 4.77. The molecule has 3 aliphatic heterocycles. The van der Waals surface area contributed by atoms with Crippen molar-refractivity contribution in [3.63, 3.8) is 0 Å². The van der Waals surface area contributed by atoms with Gasteiger partial charge in [0.25, 0.3) is 0 Å². The third-order valence-corrected chi connectivity index (χ3v) is 7.18. The van der Waals surface area contributed by atoms with E-state index in [0.29, 0.717) is 5.41 Å². The number of pyridine rings is 1. The van der Waals surface area contributed by atoms with Gasteiger partial charge in [-0.25, -0.2) is 14.4 Å². The molecule has 0 bridgehead atoms. The number of ether oxygens (including phenoxy) is 2. The molecule has 3 aliphatic rings. The lowest BCUT2D eigenvalue weighted by molar-refractivity contribution is -0.193. The third kappa shape index (κ3) is 17.5. The van der Waals surface area contributed by atoms with Crippen LogP contribution in [-0.4, -0.2) is 126 Å². The molecule has 0 amide bonds. The standard InChI is InChI=1S/C21H33N3O2.3C2HF3O2/c1-7-22-8-2-19(1)16-24-11-14-26-18-21(17-24)5-9-23(10-6-21)15-20-3-12-25-13-4-20;3*3-2(4,5)1(6)7/h1-2,7-8,20H,3-6,9-18H2;3*(H,6,7). The van der Waals surface area contributed by atoms with Gasteiger partial charge in [0.1, 0.15) is 0 Å². The van der Waals surface area contributed by atoms with Crippen LogP contribution in [-0.2, 0) is 30.4 Å². The van der Waals surface area contributed by atoms with E-state index in [0.717, 1.165) is 45.4 Å². The predicted octanol–water partition coefficient (Wildman–Crippen LogP) is 4.32. The molecule has 0 aromatic carbocycles. The largest absolute Gasteiger partial charge is 0.490 e. The summed E-state index contributed by atoms with van der Waals surface area (Å²) in [5.41, 5.74) is 1.70. The first kappa shape index (κ1) is 41.8. The molecule has 0 radical (unpaired) electrons. The summed E-state index contributed by atoms with van der Waals surface area (Å²) in [5, 5.41) is 21.4. The summed E-state index contributed by atoms with van der Waals surface area (Å²) < 4.78 is 107. The van der Waals surface area contributed by atoms with Gasteiger partial charge < -0.3 is 29.7 Å². The minimum absolute atomic E-state index is 0.343. The average molecular weight is 702 g/mol. The lowest BCUT2D eigenvalue weighted by atomic mass is 9.78. The van der Waals surface area contributed by atoms with Crippen molar-refractivity contribution in [1.82, 2.24) is 14.8 Å². The number of halogens is 9. The molecule has 0 aliphatic carbocycles. The molecule has 47 heavy (non-hydrogen) atoms. The molecule has 4 rings (SSSR count). The Kier molecular flexibility index (Phi) is 16.8. The van der Waals surface area contributed by atoms with Crippen molar-refractivity contribution in [3.05, 3.63) is 30.1 Å². The van der Waals surface area contributed by atoms with Crippen LogP contribution in [0.4, 0.5) is 39.5 Å². The Morgan fingerprint density at radius 3 is 1.62 bits per heavy atom.